The predicted octanol–water partition coefficient (Wildman–Crippen LogP) is -0.483. The molecule has 0 unspecified atom stereocenters. The molecule has 0 amide bonds. The maximum Gasteiger partial charge on any atom is 2.00 e. The number of nitrogens with zero attached hydrogens (tertiary/aromatic N) is 2. The molecule has 10 heavy (non-hydrogen) atoms. The van der Waals surface area contributed by atoms with Crippen molar-refractivity contribution in [2.75, 3.05) is 0 Å². The standard InChI is InChI=1S/2NO3.Ni.Sc/c2*2-1(3)4;;/q2*-1;+2;. The minimum Gasteiger partial charge on any atom is -0.356 e. The van der Waals surface area contributed by atoms with Gasteiger partial charge in [-0.05, 0) is 0 Å². The molecule has 8 nitrogen and oxygen atoms in total. The summed E-state index contributed by atoms with van der Waals surface area (Å²) < 4.78 is 0. The Hall–Kier alpha value is -0.236. The molecular weight excluding hydrogens is 228 g/mol. The van der Waals surface area contributed by atoms with E-state index in [4.69, 9.17) is 30.6 Å². The van der Waals surface area contributed by atoms with E-state index < -0.39 is 10.2 Å². The normalized spacial score (nSPS) is 4.80. The largest absolute Gasteiger partial charge is 2.00 e. The summed E-state index contributed by atoms with van der Waals surface area (Å²) in [5.41, 5.74) is 0. The molecule has 0 rings (SSSR count). The first-order valence-electron chi connectivity index (χ1n) is 1.10. The van der Waals surface area contributed by atoms with Crippen LogP contribution in [0, 0.1) is 30.6 Å². The van der Waals surface area contributed by atoms with Crippen LogP contribution in [0.3, 0.4) is 0 Å². The molecule has 1 radical (unpaired) electrons. The van der Waals surface area contributed by atoms with E-state index in [1.807, 2.05) is 0 Å². The van der Waals surface area contributed by atoms with E-state index in [2.05, 4.69) is 0 Å². The van der Waals surface area contributed by atoms with Gasteiger partial charge in [-0.2, -0.15) is 0 Å². The Bertz CT molecular complexity index is 73.7. The smallest absolute Gasteiger partial charge is 0.356 e. The quantitative estimate of drug-likeness (QED) is 0.312. The Morgan fingerprint density at radius 2 is 0.800 bits per heavy atom. The van der Waals surface area contributed by atoms with E-state index in [1.54, 1.807) is 0 Å². The molecule has 0 aliphatic heterocycles. The predicted molar refractivity (Wildman–Crippen MR) is 20.7 cm³/mol. The fraction of sp³-hybridized carbons (Fsp3) is 0. The van der Waals surface area contributed by atoms with E-state index in [0.29, 0.717) is 0 Å². The Kier molecular flexibility index (Phi) is 35.9. The summed E-state index contributed by atoms with van der Waals surface area (Å²) in [5, 5.41) is 29.5. The van der Waals surface area contributed by atoms with E-state index in [-0.39, 0.29) is 42.3 Å². The summed E-state index contributed by atoms with van der Waals surface area (Å²) in [6.45, 7) is 0. The van der Waals surface area contributed by atoms with Crippen molar-refractivity contribution < 1.29 is 52.5 Å². The molecule has 0 aromatic carbocycles. The fourth-order valence-corrected chi connectivity index (χ4v) is 0. The maximum absolute atomic E-state index is 8.25. The van der Waals surface area contributed by atoms with Crippen LogP contribution in [-0.2, 0) is 42.3 Å². The third-order valence-corrected chi connectivity index (χ3v) is 0. The molecule has 0 aromatic heterocycles. The average molecular weight is 228 g/mol. The van der Waals surface area contributed by atoms with Crippen LogP contribution in [0.2, 0.25) is 0 Å². The zero-order chi connectivity index (χ0) is 7.15. The van der Waals surface area contributed by atoms with Crippen molar-refractivity contribution in [3.8, 4) is 0 Å². The molecule has 0 saturated carbocycles. The average Bonchev–Trinajstić information content (AvgIpc) is 1.25. The fourth-order valence-electron chi connectivity index (χ4n) is 0. The molecule has 0 bridgehead atoms. The van der Waals surface area contributed by atoms with Crippen molar-refractivity contribution >= 4 is 0 Å². The van der Waals surface area contributed by atoms with E-state index in [9.17, 15) is 0 Å². The van der Waals surface area contributed by atoms with Crippen LogP contribution in [0.25, 0.3) is 0 Å². The molecular formula is N2NiO6Sc. The van der Waals surface area contributed by atoms with Crippen LogP contribution in [0.5, 0.6) is 0 Å². The van der Waals surface area contributed by atoms with Gasteiger partial charge in [0.1, 0.15) is 0 Å². The van der Waals surface area contributed by atoms with Crippen LogP contribution < -0.4 is 0 Å². The minimum atomic E-state index is -1.75. The van der Waals surface area contributed by atoms with Crippen LogP contribution in [0.4, 0.5) is 0 Å². The zero-order valence-corrected chi connectivity index (χ0v) is 7.03. The van der Waals surface area contributed by atoms with Gasteiger partial charge in [-0.15, -0.1) is 0 Å². The molecule has 0 aliphatic carbocycles. The molecule has 0 spiro atoms. The van der Waals surface area contributed by atoms with Crippen LogP contribution >= 0.6 is 0 Å². The first-order valence-corrected chi connectivity index (χ1v) is 1.10. The molecule has 0 aliphatic rings. The van der Waals surface area contributed by atoms with E-state index >= 15 is 0 Å². The second kappa shape index (κ2) is 15.9. The minimum absolute atomic E-state index is 0. The van der Waals surface area contributed by atoms with E-state index in [0.717, 1.165) is 0 Å². The molecule has 0 N–H and O–H groups in total. The third kappa shape index (κ3) is 6360. The Balaban J connectivity index is -0.0000000300. The van der Waals surface area contributed by atoms with Gasteiger partial charge in [0, 0.05) is 25.8 Å². The summed E-state index contributed by atoms with van der Waals surface area (Å²) >= 11 is 0. The van der Waals surface area contributed by atoms with Gasteiger partial charge in [0.25, 0.3) is 0 Å². The second-order valence-corrected chi connectivity index (χ2v) is 0.447. The number of hydrogen-bond donors (Lipinski definition) is 0. The van der Waals surface area contributed by atoms with Gasteiger partial charge >= 0.3 is 16.5 Å². The molecule has 0 heterocycles. The summed E-state index contributed by atoms with van der Waals surface area (Å²) in [6, 6.07) is 0. The number of rotatable bonds is 0. The Morgan fingerprint density at radius 1 is 0.800 bits per heavy atom. The van der Waals surface area contributed by atoms with Crippen LogP contribution in [-0.4, -0.2) is 10.2 Å². The molecule has 0 fully saturated rings. The van der Waals surface area contributed by atoms with Gasteiger partial charge in [-0.3, -0.25) is 0 Å². The van der Waals surface area contributed by atoms with Gasteiger partial charge < -0.3 is 30.6 Å². The summed E-state index contributed by atoms with van der Waals surface area (Å²) in [4.78, 5) is 16.5. The second-order valence-electron chi connectivity index (χ2n) is 0.447. The van der Waals surface area contributed by atoms with Crippen molar-refractivity contribution in [1.29, 1.82) is 0 Å². The van der Waals surface area contributed by atoms with Gasteiger partial charge in [0.15, 0.2) is 0 Å². The summed E-state index contributed by atoms with van der Waals surface area (Å²) in [5.74, 6) is 0. The first-order chi connectivity index (χ1) is 3.46. The molecule has 0 saturated heterocycles. The molecule has 10 heteroatoms. The third-order valence-electron chi connectivity index (χ3n) is 0. The van der Waals surface area contributed by atoms with Crippen molar-refractivity contribution in [3.63, 3.8) is 0 Å². The monoisotopic (exact) mass is 227 g/mol. The Labute approximate surface area is 83.1 Å². The van der Waals surface area contributed by atoms with Gasteiger partial charge in [0.2, 0.25) is 0 Å². The molecule has 0 aromatic rings. The van der Waals surface area contributed by atoms with Gasteiger partial charge in [-0.25, -0.2) is 0 Å². The number of hydrogen-bond acceptors (Lipinski definition) is 6. The molecule has 59 valence electrons. The van der Waals surface area contributed by atoms with Crippen molar-refractivity contribution in [2.45, 2.75) is 0 Å². The first kappa shape index (κ1) is 22.6. The SMILES string of the molecule is O=[N+]([O-])[O-].O=[N+]([O-])[O-].[Ni+2].[Sc]. The van der Waals surface area contributed by atoms with E-state index in [1.165, 1.54) is 0 Å². The summed E-state index contributed by atoms with van der Waals surface area (Å²) in [7, 11) is 0. The molecule has 0 atom stereocenters. The van der Waals surface area contributed by atoms with Crippen LogP contribution in [0.1, 0.15) is 0 Å². The van der Waals surface area contributed by atoms with Crippen molar-refractivity contribution in [3.05, 3.63) is 30.6 Å². The van der Waals surface area contributed by atoms with Gasteiger partial charge in [0.05, 0.1) is 10.2 Å². The zero-order valence-electron chi connectivity index (χ0n) is 4.24. The maximum atomic E-state index is 8.25. The van der Waals surface area contributed by atoms with Crippen molar-refractivity contribution in [2.24, 2.45) is 0 Å². The Morgan fingerprint density at radius 3 is 0.800 bits per heavy atom. The van der Waals surface area contributed by atoms with Crippen molar-refractivity contribution in [1.82, 2.24) is 0 Å². The van der Waals surface area contributed by atoms with Gasteiger partial charge in [-0.1, -0.05) is 0 Å². The summed E-state index contributed by atoms with van der Waals surface area (Å²) in [6.07, 6.45) is 0. The van der Waals surface area contributed by atoms with Crippen LogP contribution in [0.15, 0.2) is 0 Å². The topological polar surface area (TPSA) is 132 Å².